The van der Waals surface area contributed by atoms with Crippen molar-refractivity contribution < 1.29 is 9.53 Å². The maximum Gasteiger partial charge on any atom is 0.305 e. The monoisotopic (exact) mass is 411 g/mol. The van der Waals surface area contributed by atoms with E-state index in [4.69, 9.17) is 5.73 Å². The number of guanidine groups is 1. The van der Waals surface area contributed by atoms with Crippen molar-refractivity contribution in [2.24, 2.45) is 10.7 Å². The van der Waals surface area contributed by atoms with Crippen LogP contribution in [0.5, 0.6) is 0 Å². The number of methoxy groups -OCH3 is 1. The van der Waals surface area contributed by atoms with Crippen LogP contribution < -0.4 is 11.1 Å². The summed E-state index contributed by atoms with van der Waals surface area (Å²) in [4.78, 5) is 15.3. The molecule has 0 heterocycles. The first kappa shape index (κ1) is 20.5. The number of aliphatic imine (C=N–C) groups is 1. The van der Waals surface area contributed by atoms with E-state index in [0.29, 0.717) is 18.4 Å². The van der Waals surface area contributed by atoms with E-state index >= 15 is 0 Å². The van der Waals surface area contributed by atoms with E-state index in [-0.39, 0.29) is 29.9 Å². The third-order valence-corrected chi connectivity index (χ3v) is 3.76. The van der Waals surface area contributed by atoms with E-state index in [1.54, 1.807) is 0 Å². The highest BCUT2D eigenvalue weighted by Gasteiger charge is 2.11. The molecule has 1 fully saturated rings. The Morgan fingerprint density at radius 2 is 1.86 bits per heavy atom. The van der Waals surface area contributed by atoms with Crippen LogP contribution in [0.15, 0.2) is 4.99 Å². The molecule has 0 saturated heterocycles. The van der Waals surface area contributed by atoms with Crippen LogP contribution in [-0.2, 0) is 9.53 Å². The summed E-state index contributed by atoms with van der Waals surface area (Å²) in [6, 6.07) is 0.501. The van der Waals surface area contributed by atoms with E-state index in [0.717, 1.165) is 25.8 Å². The molecule has 0 aliphatic heterocycles. The molecule has 5 nitrogen and oxygen atoms in total. The predicted octanol–water partition coefficient (Wildman–Crippen LogP) is 2.96. The molecular formula is C15H30IN3O2. The van der Waals surface area contributed by atoms with Crippen LogP contribution in [0.1, 0.15) is 64.2 Å². The van der Waals surface area contributed by atoms with Gasteiger partial charge in [-0.2, -0.15) is 0 Å². The predicted molar refractivity (Wildman–Crippen MR) is 97.0 cm³/mol. The van der Waals surface area contributed by atoms with Gasteiger partial charge in [0.25, 0.3) is 0 Å². The second kappa shape index (κ2) is 13.2. The number of nitrogens with one attached hydrogen (secondary N) is 1. The van der Waals surface area contributed by atoms with E-state index in [9.17, 15) is 4.79 Å². The fraction of sp³-hybridized carbons (Fsp3) is 0.867. The zero-order chi connectivity index (χ0) is 14.6. The molecule has 0 spiro atoms. The van der Waals surface area contributed by atoms with Gasteiger partial charge in [-0.3, -0.25) is 9.79 Å². The van der Waals surface area contributed by atoms with Crippen LogP contribution >= 0.6 is 24.0 Å². The highest BCUT2D eigenvalue weighted by Crippen LogP contribution is 2.16. The maximum atomic E-state index is 10.9. The van der Waals surface area contributed by atoms with E-state index in [1.165, 1.54) is 45.6 Å². The summed E-state index contributed by atoms with van der Waals surface area (Å²) in [5, 5.41) is 3.33. The molecule has 0 aromatic rings. The Labute approximate surface area is 145 Å². The summed E-state index contributed by atoms with van der Waals surface area (Å²) in [5.74, 6) is 0.438. The molecule has 0 radical (unpaired) electrons. The molecule has 0 aromatic heterocycles. The Kier molecular flexibility index (Phi) is 12.8. The number of carbonyl (C=O) groups excluding carboxylic acids is 1. The molecule has 3 N–H and O–H groups in total. The third-order valence-electron chi connectivity index (χ3n) is 3.76. The summed E-state index contributed by atoms with van der Waals surface area (Å²) in [7, 11) is 1.42. The second-order valence-corrected chi connectivity index (χ2v) is 5.49. The largest absolute Gasteiger partial charge is 0.469 e. The summed E-state index contributed by atoms with van der Waals surface area (Å²) in [6.07, 6.45) is 11.0. The Morgan fingerprint density at radius 1 is 1.19 bits per heavy atom. The zero-order valence-corrected chi connectivity index (χ0v) is 15.4. The van der Waals surface area contributed by atoms with Crippen molar-refractivity contribution in [3.8, 4) is 0 Å². The molecule has 0 bridgehead atoms. The van der Waals surface area contributed by atoms with Crippen LogP contribution in [0.2, 0.25) is 0 Å². The lowest BCUT2D eigenvalue weighted by Gasteiger charge is -2.16. The Balaban J connectivity index is 0.00000400. The first-order valence-electron chi connectivity index (χ1n) is 7.85. The fourth-order valence-corrected chi connectivity index (χ4v) is 2.54. The van der Waals surface area contributed by atoms with Crippen molar-refractivity contribution >= 4 is 35.9 Å². The van der Waals surface area contributed by atoms with Gasteiger partial charge in [-0.15, -0.1) is 24.0 Å². The number of esters is 1. The average Bonchev–Trinajstić information content (AvgIpc) is 2.70. The van der Waals surface area contributed by atoms with Crippen molar-refractivity contribution in [3.05, 3.63) is 0 Å². The van der Waals surface area contributed by atoms with Gasteiger partial charge in [-0.25, -0.2) is 0 Å². The summed E-state index contributed by atoms with van der Waals surface area (Å²) >= 11 is 0. The molecule has 0 aromatic carbocycles. The normalized spacial score (nSPS) is 16.7. The molecule has 1 saturated carbocycles. The Bertz CT molecular complexity index is 303. The van der Waals surface area contributed by atoms with Crippen molar-refractivity contribution in [3.63, 3.8) is 0 Å². The molecule has 0 unspecified atom stereocenters. The van der Waals surface area contributed by atoms with Gasteiger partial charge in [0.05, 0.1) is 7.11 Å². The average molecular weight is 411 g/mol. The molecule has 124 valence electrons. The van der Waals surface area contributed by atoms with Gasteiger partial charge in [-0.05, 0) is 25.7 Å². The van der Waals surface area contributed by atoms with Crippen LogP contribution in [-0.4, -0.2) is 31.6 Å². The van der Waals surface area contributed by atoms with Gasteiger partial charge in [-0.1, -0.05) is 32.1 Å². The number of ether oxygens (including phenoxy) is 1. The SMILES string of the molecule is COC(=O)CCCCCN=C(N)NC1CCCCCC1.I. The highest BCUT2D eigenvalue weighted by atomic mass is 127. The Morgan fingerprint density at radius 3 is 2.48 bits per heavy atom. The fourth-order valence-electron chi connectivity index (χ4n) is 2.54. The summed E-state index contributed by atoms with van der Waals surface area (Å²) < 4.78 is 4.59. The first-order chi connectivity index (χ1) is 9.72. The van der Waals surface area contributed by atoms with Gasteiger partial charge in [0, 0.05) is 19.0 Å². The van der Waals surface area contributed by atoms with E-state index < -0.39 is 0 Å². The number of nitrogens with zero attached hydrogens (tertiary/aromatic N) is 1. The lowest BCUT2D eigenvalue weighted by Crippen LogP contribution is -2.39. The highest BCUT2D eigenvalue weighted by molar-refractivity contribution is 14.0. The second-order valence-electron chi connectivity index (χ2n) is 5.49. The van der Waals surface area contributed by atoms with Crippen molar-refractivity contribution in [2.75, 3.05) is 13.7 Å². The number of hydrogen-bond donors (Lipinski definition) is 2. The molecule has 1 aliphatic carbocycles. The zero-order valence-electron chi connectivity index (χ0n) is 13.1. The molecule has 6 heteroatoms. The number of unbranched alkanes of at least 4 members (excludes halogenated alkanes) is 2. The molecule has 1 rings (SSSR count). The van der Waals surface area contributed by atoms with Crippen LogP contribution in [0.4, 0.5) is 0 Å². The Hall–Kier alpha value is -0.530. The summed E-state index contributed by atoms with van der Waals surface area (Å²) in [6.45, 7) is 0.729. The topological polar surface area (TPSA) is 76.7 Å². The molecule has 1 aliphatic rings. The van der Waals surface area contributed by atoms with Gasteiger partial charge in [0.15, 0.2) is 5.96 Å². The van der Waals surface area contributed by atoms with Crippen molar-refractivity contribution in [1.29, 1.82) is 0 Å². The molecule has 0 amide bonds. The van der Waals surface area contributed by atoms with Crippen LogP contribution in [0.3, 0.4) is 0 Å². The van der Waals surface area contributed by atoms with E-state index in [1.807, 2.05) is 0 Å². The third kappa shape index (κ3) is 10.8. The minimum absolute atomic E-state index is 0. The number of halogens is 1. The summed E-state index contributed by atoms with van der Waals surface area (Å²) in [5.41, 5.74) is 5.90. The van der Waals surface area contributed by atoms with Crippen LogP contribution in [0.25, 0.3) is 0 Å². The number of rotatable bonds is 7. The van der Waals surface area contributed by atoms with Crippen molar-refractivity contribution in [2.45, 2.75) is 70.3 Å². The van der Waals surface area contributed by atoms with E-state index in [2.05, 4.69) is 15.0 Å². The lowest BCUT2D eigenvalue weighted by molar-refractivity contribution is -0.140. The first-order valence-corrected chi connectivity index (χ1v) is 7.85. The lowest BCUT2D eigenvalue weighted by atomic mass is 10.1. The van der Waals surface area contributed by atoms with Gasteiger partial charge in [0.2, 0.25) is 0 Å². The van der Waals surface area contributed by atoms with Crippen LogP contribution in [0, 0.1) is 0 Å². The standard InChI is InChI=1S/C15H29N3O2.HI/c1-20-14(19)11-7-4-8-12-17-15(16)18-13-9-5-2-3-6-10-13;/h13H,2-12H2,1H3,(H3,16,17,18);1H. The number of carbonyl (C=O) groups is 1. The van der Waals surface area contributed by atoms with Gasteiger partial charge in [0.1, 0.15) is 0 Å². The number of nitrogens with two attached hydrogens (primary N) is 1. The van der Waals surface area contributed by atoms with Gasteiger partial charge < -0.3 is 15.8 Å². The smallest absolute Gasteiger partial charge is 0.305 e. The molecular weight excluding hydrogens is 381 g/mol. The quantitative estimate of drug-likeness (QED) is 0.169. The van der Waals surface area contributed by atoms with Gasteiger partial charge >= 0.3 is 5.97 Å². The van der Waals surface area contributed by atoms with Crippen molar-refractivity contribution in [1.82, 2.24) is 5.32 Å². The minimum Gasteiger partial charge on any atom is -0.469 e. The molecule has 0 atom stereocenters. The minimum atomic E-state index is -0.136. The number of hydrogen-bond acceptors (Lipinski definition) is 3. The maximum absolute atomic E-state index is 10.9. The molecule has 21 heavy (non-hydrogen) atoms.